The van der Waals surface area contributed by atoms with Gasteiger partial charge in [0.2, 0.25) is 0 Å². The summed E-state index contributed by atoms with van der Waals surface area (Å²) in [6, 6.07) is 16.5. The molecule has 0 unspecified atom stereocenters. The van der Waals surface area contributed by atoms with Gasteiger partial charge in [-0.05, 0) is 48.7 Å². The number of aromatic nitrogens is 2. The SMILES string of the molecule is Cc1sccc1C(=O)Nc1cc(C(=O)N2Cc3cccnc3Nc3ccccc32)ccn1. The molecule has 5 rings (SSSR count). The van der Waals surface area contributed by atoms with Crippen LogP contribution in [0.3, 0.4) is 0 Å². The highest BCUT2D eigenvalue weighted by molar-refractivity contribution is 7.10. The Morgan fingerprint density at radius 2 is 1.94 bits per heavy atom. The minimum Gasteiger partial charge on any atom is -0.338 e. The number of anilines is 4. The predicted octanol–water partition coefficient (Wildman–Crippen LogP) is 5.00. The minimum atomic E-state index is -0.245. The highest BCUT2D eigenvalue weighted by atomic mass is 32.1. The molecule has 0 spiro atoms. The molecule has 0 bridgehead atoms. The van der Waals surface area contributed by atoms with Crippen molar-refractivity contribution in [2.24, 2.45) is 0 Å². The number of fused-ring (bicyclic) bond motifs is 2. The van der Waals surface area contributed by atoms with E-state index >= 15 is 0 Å². The van der Waals surface area contributed by atoms with Crippen molar-refractivity contribution in [3.63, 3.8) is 0 Å². The Hall–Kier alpha value is -4.04. The zero-order valence-corrected chi connectivity index (χ0v) is 18.0. The second-order valence-electron chi connectivity index (χ2n) is 7.32. The summed E-state index contributed by atoms with van der Waals surface area (Å²) >= 11 is 1.51. The van der Waals surface area contributed by atoms with Gasteiger partial charge in [-0.15, -0.1) is 11.3 Å². The van der Waals surface area contributed by atoms with Crippen molar-refractivity contribution in [1.29, 1.82) is 0 Å². The van der Waals surface area contributed by atoms with Crippen molar-refractivity contribution in [2.45, 2.75) is 13.5 Å². The standard InChI is InChI=1S/C24H19N5O2S/c1-15-18(9-12-32-15)23(30)28-21-13-16(8-11-25-21)24(31)29-14-17-5-4-10-26-22(17)27-19-6-2-3-7-20(19)29/h2-13H,14H2,1H3,(H,26,27)(H,25,28,30). The molecule has 0 aliphatic carbocycles. The van der Waals surface area contributed by atoms with E-state index in [9.17, 15) is 9.59 Å². The van der Waals surface area contributed by atoms with E-state index < -0.39 is 0 Å². The summed E-state index contributed by atoms with van der Waals surface area (Å²) in [7, 11) is 0. The number of rotatable bonds is 3. The molecule has 3 aromatic heterocycles. The van der Waals surface area contributed by atoms with Gasteiger partial charge in [-0.2, -0.15) is 0 Å². The molecule has 0 radical (unpaired) electrons. The number of pyridine rings is 2. The first-order valence-corrected chi connectivity index (χ1v) is 10.9. The molecule has 4 heterocycles. The van der Waals surface area contributed by atoms with Gasteiger partial charge in [-0.1, -0.05) is 18.2 Å². The maximum atomic E-state index is 13.6. The number of para-hydroxylation sites is 2. The Morgan fingerprint density at radius 3 is 2.78 bits per heavy atom. The summed E-state index contributed by atoms with van der Waals surface area (Å²) in [6.45, 7) is 2.26. The van der Waals surface area contributed by atoms with E-state index in [1.165, 1.54) is 17.5 Å². The molecule has 2 N–H and O–H groups in total. The Kier molecular flexibility index (Phi) is 5.12. The van der Waals surface area contributed by atoms with Crippen molar-refractivity contribution in [3.8, 4) is 0 Å². The van der Waals surface area contributed by atoms with Crippen LogP contribution in [-0.4, -0.2) is 21.8 Å². The van der Waals surface area contributed by atoms with Crippen molar-refractivity contribution >= 4 is 46.2 Å². The summed E-state index contributed by atoms with van der Waals surface area (Å²) in [5, 5.41) is 7.99. The summed E-state index contributed by atoms with van der Waals surface area (Å²) < 4.78 is 0. The van der Waals surface area contributed by atoms with Crippen molar-refractivity contribution < 1.29 is 9.59 Å². The number of carbonyl (C=O) groups is 2. The van der Waals surface area contributed by atoms with Gasteiger partial charge in [0.15, 0.2) is 0 Å². The van der Waals surface area contributed by atoms with Crippen LogP contribution in [0.1, 0.15) is 31.2 Å². The van der Waals surface area contributed by atoms with Crippen LogP contribution in [0.5, 0.6) is 0 Å². The van der Waals surface area contributed by atoms with Crippen LogP contribution in [0, 0.1) is 6.92 Å². The summed E-state index contributed by atoms with van der Waals surface area (Å²) in [4.78, 5) is 37.4. The lowest BCUT2D eigenvalue weighted by Crippen LogP contribution is -2.30. The van der Waals surface area contributed by atoms with Gasteiger partial charge in [0.25, 0.3) is 11.8 Å². The Morgan fingerprint density at radius 1 is 1.06 bits per heavy atom. The molecule has 2 amide bonds. The number of nitrogens with zero attached hydrogens (tertiary/aromatic N) is 3. The first-order chi connectivity index (χ1) is 15.6. The fourth-order valence-electron chi connectivity index (χ4n) is 3.65. The molecular formula is C24H19N5O2S. The Bertz CT molecular complexity index is 1330. The molecule has 158 valence electrons. The molecule has 7 nitrogen and oxygen atoms in total. The summed E-state index contributed by atoms with van der Waals surface area (Å²) in [6.07, 6.45) is 3.25. The van der Waals surface area contributed by atoms with Gasteiger partial charge >= 0.3 is 0 Å². The zero-order chi connectivity index (χ0) is 22.1. The number of nitrogens with one attached hydrogen (secondary N) is 2. The molecule has 1 aliphatic rings. The molecular weight excluding hydrogens is 422 g/mol. The summed E-state index contributed by atoms with van der Waals surface area (Å²) in [5.41, 5.74) is 3.50. The molecule has 0 fully saturated rings. The minimum absolute atomic E-state index is 0.194. The van der Waals surface area contributed by atoms with Crippen molar-refractivity contribution in [1.82, 2.24) is 9.97 Å². The lowest BCUT2D eigenvalue weighted by atomic mass is 10.1. The van der Waals surface area contributed by atoms with Crippen LogP contribution >= 0.6 is 11.3 Å². The van der Waals surface area contributed by atoms with E-state index in [2.05, 4.69) is 20.6 Å². The molecule has 4 aromatic rings. The predicted molar refractivity (Wildman–Crippen MR) is 126 cm³/mol. The van der Waals surface area contributed by atoms with Crippen LogP contribution in [0.25, 0.3) is 0 Å². The first-order valence-electron chi connectivity index (χ1n) is 10.0. The lowest BCUT2D eigenvalue weighted by Gasteiger charge is -2.23. The molecule has 0 atom stereocenters. The molecule has 0 saturated carbocycles. The van der Waals surface area contributed by atoms with Crippen LogP contribution in [0.15, 0.2) is 72.4 Å². The second-order valence-corrected chi connectivity index (χ2v) is 8.44. The average Bonchev–Trinajstić information content (AvgIpc) is 3.17. The lowest BCUT2D eigenvalue weighted by molar-refractivity contribution is 0.0982. The number of aryl methyl sites for hydroxylation is 1. The van der Waals surface area contributed by atoms with Gasteiger partial charge in [0.05, 0.1) is 23.5 Å². The average molecular weight is 442 g/mol. The fraction of sp³-hybridized carbons (Fsp3) is 0.0833. The number of carbonyl (C=O) groups excluding carboxylic acids is 2. The van der Waals surface area contributed by atoms with Crippen molar-refractivity contribution in [2.75, 3.05) is 15.5 Å². The smallest absolute Gasteiger partial charge is 0.258 e. The van der Waals surface area contributed by atoms with E-state index in [1.807, 2.05) is 48.7 Å². The van der Waals surface area contributed by atoms with Crippen molar-refractivity contribution in [3.05, 3.63) is 93.9 Å². The van der Waals surface area contributed by atoms with Gasteiger partial charge < -0.3 is 15.5 Å². The molecule has 8 heteroatoms. The zero-order valence-electron chi connectivity index (χ0n) is 17.2. The molecule has 1 aliphatic heterocycles. The van der Waals surface area contributed by atoms with Gasteiger partial charge in [0, 0.05) is 28.4 Å². The maximum Gasteiger partial charge on any atom is 0.258 e. The van der Waals surface area contributed by atoms with Crippen LogP contribution in [-0.2, 0) is 6.54 Å². The fourth-order valence-corrected chi connectivity index (χ4v) is 4.35. The van der Waals surface area contributed by atoms with Crippen LogP contribution in [0.4, 0.5) is 23.0 Å². The molecule has 32 heavy (non-hydrogen) atoms. The van der Waals surface area contributed by atoms with Crippen LogP contribution < -0.4 is 15.5 Å². The normalized spacial score (nSPS) is 12.2. The molecule has 0 saturated heterocycles. The van der Waals surface area contributed by atoms with E-state index in [0.717, 1.165) is 27.6 Å². The number of thiophene rings is 1. The maximum absolute atomic E-state index is 13.6. The van der Waals surface area contributed by atoms with E-state index in [0.29, 0.717) is 23.5 Å². The molecule has 1 aromatic carbocycles. The quantitative estimate of drug-likeness (QED) is 0.467. The van der Waals surface area contributed by atoms with Gasteiger partial charge in [-0.25, -0.2) is 9.97 Å². The third-order valence-corrected chi connectivity index (χ3v) is 6.11. The summed E-state index contributed by atoms with van der Waals surface area (Å²) in [5.74, 6) is 0.615. The van der Waals surface area contributed by atoms with E-state index in [1.54, 1.807) is 29.3 Å². The number of benzene rings is 1. The third-order valence-electron chi connectivity index (χ3n) is 5.26. The number of hydrogen-bond donors (Lipinski definition) is 2. The van der Waals surface area contributed by atoms with Gasteiger partial charge in [-0.3, -0.25) is 9.59 Å². The topological polar surface area (TPSA) is 87.2 Å². The number of amides is 2. The van der Waals surface area contributed by atoms with E-state index in [4.69, 9.17) is 0 Å². The highest BCUT2D eigenvalue weighted by Crippen LogP contribution is 2.35. The second kappa shape index (κ2) is 8.24. The first kappa shape index (κ1) is 19.9. The number of hydrogen-bond acceptors (Lipinski definition) is 6. The Balaban J connectivity index is 1.47. The largest absolute Gasteiger partial charge is 0.338 e. The van der Waals surface area contributed by atoms with Gasteiger partial charge in [0.1, 0.15) is 11.6 Å². The Labute approximate surface area is 188 Å². The monoisotopic (exact) mass is 441 g/mol. The highest BCUT2D eigenvalue weighted by Gasteiger charge is 2.25. The third kappa shape index (κ3) is 3.72. The van der Waals surface area contributed by atoms with E-state index in [-0.39, 0.29) is 11.8 Å². The van der Waals surface area contributed by atoms with Crippen LogP contribution in [0.2, 0.25) is 0 Å².